The van der Waals surface area contributed by atoms with E-state index >= 15 is 0 Å². The maximum absolute atomic E-state index is 13.0. The number of fused-ring (bicyclic) bond motifs is 1. The molecule has 8 nitrogen and oxygen atoms in total. The van der Waals surface area contributed by atoms with Crippen molar-refractivity contribution in [3.05, 3.63) is 84.7 Å². The molecule has 3 aromatic heterocycles. The third kappa shape index (κ3) is 5.38. The zero-order chi connectivity index (χ0) is 26.2. The highest BCUT2D eigenvalue weighted by Gasteiger charge is 2.30. The summed E-state index contributed by atoms with van der Waals surface area (Å²) in [6.45, 7) is 0. The Kier molecular flexibility index (Phi) is 6.04. The van der Waals surface area contributed by atoms with Crippen molar-refractivity contribution in [3.8, 4) is 34.5 Å². The molecule has 37 heavy (non-hydrogen) atoms. The lowest BCUT2D eigenvalue weighted by atomic mass is 10.2. The van der Waals surface area contributed by atoms with Crippen molar-refractivity contribution in [1.29, 1.82) is 0 Å². The number of H-pyrrole nitrogens is 1. The SMILES string of the molecule is CS(=O)(=O)c1ccc(Oc2cc3[nH]c(-c4ccccn4)nc3cc2Oc2ccc(C(F)(F)F)cc2)cn1. The van der Waals surface area contributed by atoms with Crippen LogP contribution in [0.4, 0.5) is 13.2 Å². The number of nitrogens with one attached hydrogen (secondary N) is 1. The smallest absolute Gasteiger partial charge is 0.416 e. The number of ether oxygens (including phenoxy) is 2. The summed E-state index contributed by atoms with van der Waals surface area (Å²) in [7, 11) is -3.50. The lowest BCUT2D eigenvalue weighted by molar-refractivity contribution is -0.137. The fourth-order valence-electron chi connectivity index (χ4n) is 3.41. The number of imidazole rings is 1. The Bertz CT molecular complexity index is 1670. The van der Waals surface area contributed by atoms with Crippen LogP contribution in [0.2, 0.25) is 0 Å². The van der Waals surface area contributed by atoms with Crippen LogP contribution < -0.4 is 9.47 Å². The van der Waals surface area contributed by atoms with Gasteiger partial charge in [0.2, 0.25) is 0 Å². The van der Waals surface area contributed by atoms with Gasteiger partial charge < -0.3 is 14.5 Å². The Morgan fingerprint density at radius 1 is 0.865 bits per heavy atom. The lowest BCUT2D eigenvalue weighted by Gasteiger charge is -2.13. The Balaban J connectivity index is 1.54. The van der Waals surface area contributed by atoms with Gasteiger partial charge in [-0.2, -0.15) is 13.2 Å². The zero-order valence-electron chi connectivity index (χ0n) is 19.0. The Labute approximate surface area is 208 Å². The first-order valence-electron chi connectivity index (χ1n) is 10.7. The number of halogens is 3. The molecule has 2 aromatic carbocycles. The van der Waals surface area contributed by atoms with E-state index in [0.717, 1.165) is 18.4 Å². The molecule has 1 N–H and O–H groups in total. The molecule has 0 amide bonds. The van der Waals surface area contributed by atoms with Gasteiger partial charge in [-0.15, -0.1) is 0 Å². The fraction of sp³-hybridized carbons (Fsp3) is 0.0800. The van der Waals surface area contributed by atoms with E-state index in [1.807, 2.05) is 6.07 Å². The monoisotopic (exact) mass is 526 g/mol. The van der Waals surface area contributed by atoms with E-state index < -0.39 is 21.6 Å². The molecule has 0 aliphatic heterocycles. The summed E-state index contributed by atoms with van der Waals surface area (Å²) in [6, 6.07) is 15.5. The molecule has 3 heterocycles. The zero-order valence-corrected chi connectivity index (χ0v) is 19.8. The number of benzene rings is 2. The van der Waals surface area contributed by atoms with Crippen LogP contribution in [0.1, 0.15) is 5.56 Å². The standard InChI is InChI=1S/C25H17F3N4O4S/c1-37(33,34)23-10-9-17(14-30-23)36-22-13-20-19(31-24(32-20)18-4-2-3-11-29-18)12-21(22)35-16-7-5-15(6-8-16)25(26,27)28/h2-14H,1H3,(H,31,32). The van der Waals surface area contributed by atoms with Crippen LogP contribution in [-0.2, 0) is 16.0 Å². The second kappa shape index (κ2) is 9.21. The van der Waals surface area contributed by atoms with Crippen LogP contribution in [0, 0.1) is 0 Å². The molecule has 5 rings (SSSR count). The molecule has 188 valence electrons. The summed E-state index contributed by atoms with van der Waals surface area (Å²) in [5.41, 5.74) is 0.875. The number of nitrogens with zero attached hydrogens (tertiary/aromatic N) is 3. The molecular weight excluding hydrogens is 509 g/mol. The predicted octanol–water partition coefficient (Wildman–Crippen LogP) is 6.03. The minimum Gasteiger partial charge on any atom is -0.453 e. The molecule has 0 spiro atoms. The molecular formula is C25H17F3N4O4S. The van der Waals surface area contributed by atoms with Gasteiger partial charge in [-0.05, 0) is 48.5 Å². The second-order valence-electron chi connectivity index (χ2n) is 7.95. The van der Waals surface area contributed by atoms with Gasteiger partial charge in [0, 0.05) is 24.6 Å². The van der Waals surface area contributed by atoms with Crippen LogP contribution in [0.3, 0.4) is 0 Å². The Hall–Kier alpha value is -4.45. The minimum absolute atomic E-state index is 0.120. The number of hydrogen-bond acceptors (Lipinski definition) is 7. The molecule has 12 heteroatoms. The van der Waals surface area contributed by atoms with Gasteiger partial charge in [0.1, 0.15) is 17.2 Å². The number of aromatic amines is 1. The quantitative estimate of drug-likeness (QED) is 0.288. The van der Waals surface area contributed by atoms with Crippen molar-refractivity contribution in [1.82, 2.24) is 19.9 Å². The number of sulfone groups is 1. The molecule has 0 aliphatic rings. The Morgan fingerprint density at radius 2 is 1.57 bits per heavy atom. The summed E-state index contributed by atoms with van der Waals surface area (Å²) in [5.74, 6) is 1.21. The topological polar surface area (TPSA) is 107 Å². The molecule has 5 aromatic rings. The summed E-state index contributed by atoms with van der Waals surface area (Å²) >= 11 is 0. The highest BCUT2D eigenvalue weighted by Crippen LogP contribution is 2.39. The number of alkyl halides is 3. The van der Waals surface area contributed by atoms with Crippen molar-refractivity contribution in [2.45, 2.75) is 11.2 Å². The molecule has 0 fully saturated rings. The third-order valence-electron chi connectivity index (χ3n) is 5.18. The molecule has 0 saturated heterocycles. The average Bonchev–Trinajstić information content (AvgIpc) is 3.27. The summed E-state index contributed by atoms with van der Waals surface area (Å²) in [6.07, 6.45) is -0.566. The van der Waals surface area contributed by atoms with E-state index in [1.165, 1.54) is 30.5 Å². The maximum Gasteiger partial charge on any atom is 0.416 e. The molecule has 0 aliphatic carbocycles. The predicted molar refractivity (Wildman–Crippen MR) is 128 cm³/mol. The van der Waals surface area contributed by atoms with Crippen molar-refractivity contribution in [2.75, 3.05) is 6.26 Å². The van der Waals surface area contributed by atoms with Crippen LogP contribution in [0.25, 0.3) is 22.6 Å². The normalized spacial score (nSPS) is 12.0. The van der Waals surface area contributed by atoms with Gasteiger partial charge in [-0.1, -0.05) is 6.07 Å². The minimum atomic E-state index is -4.48. The first kappa shape index (κ1) is 24.3. The number of rotatable bonds is 6. The van der Waals surface area contributed by atoms with E-state index in [4.69, 9.17) is 9.47 Å². The van der Waals surface area contributed by atoms with Crippen LogP contribution in [0.15, 0.2) is 84.1 Å². The second-order valence-corrected chi connectivity index (χ2v) is 9.91. The van der Waals surface area contributed by atoms with E-state index in [1.54, 1.807) is 30.5 Å². The van der Waals surface area contributed by atoms with Crippen molar-refractivity contribution in [3.63, 3.8) is 0 Å². The molecule has 0 saturated carbocycles. The Morgan fingerprint density at radius 3 is 2.19 bits per heavy atom. The van der Waals surface area contributed by atoms with E-state index in [2.05, 4.69) is 19.9 Å². The summed E-state index contributed by atoms with van der Waals surface area (Å²) < 4.78 is 74.1. The lowest BCUT2D eigenvalue weighted by Crippen LogP contribution is -2.04. The maximum atomic E-state index is 13.0. The first-order valence-corrected chi connectivity index (χ1v) is 12.6. The van der Waals surface area contributed by atoms with Gasteiger partial charge in [0.15, 0.2) is 32.2 Å². The van der Waals surface area contributed by atoms with Crippen molar-refractivity contribution in [2.24, 2.45) is 0 Å². The van der Waals surface area contributed by atoms with Crippen LogP contribution >= 0.6 is 0 Å². The number of pyridine rings is 2. The summed E-state index contributed by atoms with van der Waals surface area (Å²) in [4.78, 5) is 15.9. The average molecular weight is 526 g/mol. The van der Waals surface area contributed by atoms with Crippen LogP contribution in [-0.4, -0.2) is 34.6 Å². The van der Waals surface area contributed by atoms with Gasteiger partial charge in [0.25, 0.3) is 0 Å². The largest absolute Gasteiger partial charge is 0.453 e. The van der Waals surface area contributed by atoms with Crippen molar-refractivity contribution >= 4 is 20.9 Å². The van der Waals surface area contributed by atoms with E-state index in [9.17, 15) is 21.6 Å². The highest BCUT2D eigenvalue weighted by atomic mass is 32.2. The first-order chi connectivity index (χ1) is 17.6. The van der Waals surface area contributed by atoms with Gasteiger partial charge in [-0.3, -0.25) is 4.98 Å². The third-order valence-corrected chi connectivity index (χ3v) is 6.18. The van der Waals surface area contributed by atoms with Crippen LogP contribution in [0.5, 0.6) is 23.0 Å². The fourth-order valence-corrected chi connectivity index (χ4v) is 3.97. The van der Waals surface area contributed by atoms with Gasteiger partial charge in [-0.25, -0.2) is 18.4 Å². The molecule has 0 radical (unpaired) electrons. The molecule has 0 bridgehead atoms. The van der Waals surface area contributed by atoms with Gasteiger partial charge >= 0.3 is 6.18 Å². The number of aromatic nitrogens is 4. The van der Waals surface area contributed by atoms with Crippen molar-refractivity contribution < 1.29 is 31.1 Å². The summed E-state index contributed by atoms with van der Waals surface area (Å²) in [5, 5.41) is -0.120. The number of hydrogen-bond donors (Lipinski definition) is 1. The van der Waals surface area contributed by atoms with Gasteiger partial charge in [0.05, 0.1) is 22.8 Å². The van der Waals surface area contributed by atoms with E-state index in [-0.39, 0.29) is 28.0 Å². The highest BCUT2D eigenvalue weighted by molar-refractivity contribution is 7.90. The molecule has 0 atom stereocenters. The molecule has 0 unspecified atom stereocenters. The van der Waals surface area contributed by atoms with E-state index in [0.29, 0.717) is 22.6 Å².